The van der Waals surface area contributed by atoms with Crippen molar-refractivity contribution in [3.63, 3.8) is 0 Å². The first-order valence-corrected chi connectivity index (χ1v) is 5.95. The Bertz CT molecular complexity index is 489. The average Bonchev–Trinajstić information content (AvgIpc) is 3.00. The van der Waals surface area contributed by atoms with Crippen molar-refractivity contribution in [2.45, 2.75) is 26.3 Å². The first-order valence-electron chi connectivity index (χ1n) is 5.95. The molecule has 0 aliphatic heterocycles. The summed E-state index contributed by atoms with van der Waals surface area (Å²) in [5.41, 5.74) is 0. The molecule has 0 saturated heterocycles. The summed E-state index contributed by atoms with van der Waals surface area (Å²) in [6.07, 6.45) is 7.02. The number of hydrogen-bond donors (Lipinski definition) is 2. The van der Waals surface area contributed by atoms with Gasteiger partial charge in [0.05, 0.1) is 6.33 Å². The first kappa shape index (κ1) is 12.3. The third-order valence-corrected chi connectivity index (χ3v) is 2.44. The van der Waals surface area contributed by atoms with Crippen LogP contribution in [0.1, 0.15) is 29.8 Å². The molecule has 18 heavy (non-hydrogen) atoms. The van der Waals surface area contributed by atoms with Gasteiger partial charge in [0.15, 0.2) is 0 Å². The monoisotopic (exact) mass is 248 g/mol. The fraction of sp³-hybridized carbons (Fsp3) is 0.455. The zero-order valence-electron chi connectivity index (χ0n) is 10.3. The zero-order chi connectivity index (χ0) is 12.8. The summed E-state index contributed by atoms with van der Waals surface area (Å²) in [4.78, 5) is 19.7. The van der Waals surface area contributed by atoms with E-state index in [0.717, 1.165) is 18.7 Å². The first-order chi connectivity index (χ1) is 8.79. The molecule has 0 radical (unpaired) electrons. The van der Waals surface area contributed by atoms with E-state index in [4.69, 9.17) is 0 Å². The Morgan fingerprint density at radius 2 is 2.44 bits per heavy atom. The van der Waals surface area contributed by atoms with Crippen LogP contribution in [0.4, 0.5) is 0 Å². The maximum absolute atomic E-state index is 11.7. The number of aromatic amines is 1. The molecule has 0 spiro atoms. The van der Waals surface area contributed by atoms with Gasteiger partial charge in [0.25, 0.3) is 5.91 Å². The van der Waals surface area contributed by atoms with Gasteiger partial charge < -0.3 is 9.88 Å². The van der Waals surface area contributed by atoms with Gasteiger partial charge in [0.1, 0.15) is 5.82 Å². The fourth-order valence-corrected chi connectivity index (χ4v) is 1.54. The van der Waals surface area contributed by atoms with E-state index in [9.17, 15) is 4.79 Å². The Balaban J connectivity index is 1.80. The second-order valence-corrected chi connectivity index (χ2v) is 3.91. The predicted molar refractivity (Wildman–Crippen MR) is 64.9 cm³/mol. The molecule has 0 bridgehead atoms. The quantitative estimate of drug-likeness (QED) is 0.773. The van der Waals surface area contributed by atoms with Crippen LogP contribution in [-0.4, -0.2) is 37.2 Å². The highest BCUT2D eigenvalue weighted by Crippen LogP contribution is 1.96. The summed E-state index contributed by atoms with van der Waals surface area (Å²) < 4.78 is 1.89. The Kier molecular flexibility index (Phi) is 4.06. The molecular formula is C11H16N6O. The number of nitrogens with one attached hydrogen (secondary N) is 2. The molecule has 2 heterocycles. The summed E-state index contributed by atoms with van der Waals surface area (Å²) in [6.45, 7) is 3.25. The van der Waals surface area contributed by atoms with Gasteiger partial charge in [-0.3, -0.25) is 9.89 Å². The average molecular weight is 248 g/mol. The van der Waals surface area contributed by atoms with Crippen LogP contribution in [0, 0.1) is 0 Å². The van der Waals surface area contributed by atoms with Gasteiger partial charge in [0, 0.05) is 31.9 Å². The highest BCUT2D eigenvalue weighted by atomic mass is 16.2. The van der Waals surface area contributed by atoms with E-state index < -0.39 is 0 Å². The Labute approximate surface area is 105 Å². The number of aryl methyl sites for hydroxylation is 1. The molecule has 96 valence electrons. The third-order valence-electron chi connectivity index (χ3n) is 2.44. The number of aromatic nitrogens is 5. The lowest BCUT2D eigenvalue weighted by atomic mass is 10.3. The molecule has 0 atom stereocenters. The molecule has 0 aliphatic carbocycles. The van der Waals surface area contributed by atoms with Gasteiger partial charge >= 0.3 is 0 Å². The maximum Gasteiger partial charge on any atom is 0.291 e. The molecule has 1 amide bonds. The second-order valence-electron chi connectivity index (χ2n) is 3.91. The summed E-state index contributed by atoms with van der Waals surface area (Å²) in [7, 11) is 0. The number of nitrogens with zero attached hydrogens (tertiary/aromatic N) is 4. The molecule has 0 saturated carbocycles. The maximum atomic E-state index is 11.7. The lowest BCUT2D eigenvalue weighted by Gasteiger charge is -2.02. The Morgan fingerprint density at radius 1 is 1.56 bits per heavy atom. The van der Waals surface area contributed by atoms with Crippen LogP contribution in [0.25, 0.3) is 0 Å². The van der Waals surface area contributed by atoms with Crippen LogP contribution in [0.5, 0.6) is 0 Å². The minimum Gasteiger partial charge on any atom is -0.347 e. The van der Waals surface area contributed by atoms with Crippen molar-refractivity contribution in [1.29, 1.82) is 0 Å². The SMILES string of the molecule is CCCc1nc(C(=O)NCCn2ccnc2)n[nH]1. The normalized spacial score (nSPS) is 10.5. The van der Waals surface area contributed by atoms with Gasteiger partial charge in [-0.2, -0.15) is 0 Å². The van der Waals surface area contributed by atoms with E-state index in [1.807, 2.05) is 17.7 Å². The van der Waals surface area contributed by atoms with Gasteiger partial charge in [-0.15, -0.1) is 5.10 Å². The van der Waals surface area contributed by atoms with E-state index in [2.05, 4.69) is 25.5 Å². The molecular weight excluding hydrogens is 232 g/mol. The van der Waals surface area contributed by atoms with E-state index >= 15 is 0 Å². The number of H-pyrrole nitrogens is 1. The van der Waals surface area contributed by atoms with Crippen LogP contribution >= 0.6 is 0 Å². The topological polar surface area (TPSA) is 88.5 Å². The van der Waals surface area contributed by atoms with Crippen LogP contribution in [-0.2, 0) is 13.0 Å². The number of carbonyl (C=O) groups is 1. The number of hydrogen-bond acceptors (Lipinski definition) is 4. The third kappa shape index (κ3) is 3.16. The molecule has 2 aromatic rings. The van der Waals surface area contributed by atoms with Crippen molar-refractivity contribution in [2.75, 3.05) is 6.54 Å². The van der Waals surface area contributed by atoms with Gasteiger partial charge in [-0.25, -0.2) is 9.97 Å². The molecule has 0 aromatic carbocycles. The minimum atomic E-state index is -0.256. The van der Waals surface area contributed by atoms with E-state index in [0.29, 0.717) is 13.1 Å². The van der Waals surface area contributed by atoms with Crippen LogP contribution in [0.15, 0.2) is 18.7 Å². The van der Waals surface area contributed by atoms with Gasteiger partial charge in [-0.05, 0) is 6.42 Å². The highest BCUT2D eigenvalue weighted by molar-refractivity contribution is 5.90. The Hall–Kier alpha value is -2.18. The Morgan fingerprint density at radius 3 is 3.17 bits per heavy atom. The summed E-state index contributed by atoms with van der Waals surface area (Å²) in [5, 5.41) is 9.40. The largest absolute Gasteiger partial charge is 0.347 e. The van der Waals surface area contributed by atoms with Crippen molar-refractivity contribution in [1.82, 2.24) is 30.0 Å². The lowest BCUT2D eigenvalue weighted by molar-refractivity contribution is 0.0942. The van der Waals surface area contributed by atoms with Crippen molar-refractivity contribution in [3.05, 3.63) is 30.4 Å². The minimum absolute atomic E-state index is 0.198. The van der Waals surface area contributed by atoms with Crippen molar-refractivity contribution < 1.29 is 4.79 Å². The highest BCUT2D eigenvalue weighted by Gasteiger charge is 2.11. The zero-order valence-corrected chi connectivity index (χ0v) is 10.3. The van der Waals surface area contributed by atoms with Crippen LogP contribution in [0.2, 0.25) is 0 Å². The lowest BCUT2D eigenvalue weighted by Crippen LogP contribution is -2.27. The van der Waals surface area contributed by atoms with Crippen LogP contribution in [0.3, 0.4) is 0 Å². The predicted octanol–water partition coefficient (Wildman–Crippen LogP) is 0.384. The smallest absolute Gasteiger partial charge is 0.291 e. The van der Waals surface area contributed by atoms with Crippen molar-refractivity contribution in [3.8, 4) is 0 Å². The molecule has 2 rings (SSSR count). The van der Waals surface area contributed by atoms with Crippen LogP contribution < -0.4 is 5.32 Å². The fourth-order valence-electron chi connectivity index (χ4n) is 1.54. The number of carbonyl (C=O) groups excluding carboxylic acids is 1. The summed E-state index contributed by atoms with van der Waals surface area (Å²) in [6, 6.07) is 0. The second kappa shape index (κ2) is 5.95. The standard InChI is InChI=1S/C11H16N6O/c1-2-3-9-14-10(16-15-9)11(18)13-5-7-17-6-4-12-8-17/h4,6,8H,2-3,5,7H2,1H3,(H,13,18)(H,14,15,16). The molecule has 0 fully saturated rings. The van der Waals surface area contributed by atoms with Gasteiger partial charge in [0.2, 0.25) is 5.82 Å². The number of amides is 1. The molecule has 0 aliphatic rings. The molecule has 2 N–H and O–H groups in total. The molecule has 7 nitrogen and oxygen atoms in total. The van der Waals surface area contributed by atoms with E-state index in [-0.39, 0.29) is 11.7 Å². The molecule has 2 aromatic heterocycles. The number of rotatable bonds is 6. The summed E-state index contributed by atoms with van der Waals surface area (Å²) >= 11 is 0. The van der Waals surface area contributed by atoms with Gasteiger partial charge in [-0.1, -0.05) is 6.92 Å². The number of imidazole rings is 1. The van der Waals surface area contributed by atoms with Crippen molar-refractivity contribution >= 4 is 5.91 Å². The van der Waals surface area contributed by atoms with Crippen molar-refractivity contribution in [2.24, 2.45) is 0 Å². The van der Waals surface area contributed by atoms with E-state index in [1.54, 1.807) is 12.5 Å². The summed E-state index contributed by atoms with van der Waals surface area (Å²) in [5.74, 6) is 0.690. The molecule has 0 unspecified atom stereocenters. The molecule has 7 heteroatoms. The van der Waals surface area contributed by atoms with E-state index in [1.165, 1.54) is 0 Å².